The van der Waals surface area contributed by atoms with E-state index in [9.17, 15) is 14.7 Å². The van der Waals surface area contributed by atoms with Gasteiger partial charge in [0.2, 0.25) is 0 Å². The Morgan fingerprint density at radius 3 is 0.837 bits per heavy atom. The molecule has 0 aromatic rings. The van der Waals surface area contributed by atoms with Crippen LogP contribution >= 0.6 is 0 Å². The van der Waals surface area contributed by atoms with Crippen LogP contribution in [-0.2, 0) is 19.1 Å². The van der Waals surface area contributed by atoms with Crippen molar-refractivity contribution in [2.75, 3.05) is 13.2 Å². The van der Waals surface area contributed by atoms with Crippen molar-refractivity contribution in [3.05, 3.63) is 0 Å². The number of ether oxygens (including phenoxy) is 2. The van der Waals surface area contributed by atoms with Gasteiger partial charge in [-0.25, -0.2) is 0 Å². The summed E-state index contributed by atoms with van der Waals surface area (Å²) in [5.41, 5.74) is 0. The number of hydrogen-bond donors (Lipinski definition) is 1. The molecule has 0 aliphatic heterocycles. The van der Waals surface area contributed by atoms with Gasteiger partial charge in [0.25, 0.3) is 0 Å². The maximum absolute atomic E-state index is 11.9. The van der Waals surface area contributed by atoms with Gasteiger partial charge in [0.15, 0.2) is 0 Å². The summed E-state index contributed by atoms with van der Waals surface area (Å²) in [6, 6.07) is 0. The van der Waals surface area contributed by atoms with E-state index in [0.717, 1.165) is 25.7 Å². The third-order valence-corrected chi connectivity index (χ3v) is 8.59. The molecule has 1 atom stereocenters. The second-order valence-electron chi connectivity index (χ2n) is 13.1. The molecule has 0 unspecified atom stereocenters. The highest BCUT2D eigenvalue weighted by Crippen LogP contribution is 2.15. The van der Waals surface area contributed by atoms with Gasteiger partial charge in [-0.1, -0.05) is 187 Å². The van der Waals surface area contributed by atoms with E-state index in [1.54, 1.807) is 0 Å². The number of hydrogen-bond acceptors (Lipinski definition) is 5. The molecular weight excluding hydrogens is 536 g/mol. The van der Waals surface area contributed by atoms with E-state index in [4.69, 9.17) is 9.47 Å². The molecule has 0 bridgehead atoms. The zero-order chi connectivity index (χ0) is 31.5. The first kappa shape index (κ1) is 41.9. The van der Waals surface area contributed by atoms with Gasteiger partial charge in [-0.3, -0.25) is 9.59 Å². The summed E-state index contributed by atoms with van der Waals surface area (Å²) in [7, 11) is 0. The molecular formula is C38H74O5. The van der Waals surface area contributed by atoms with E-state index in [2.05, 4.69) is 13.8 Å². The first-order chi connectivity index (χ1) is 21.1. The fourth-order valence-electron chi connectivity index (χ4n) is 5.68. The normalized spacial score (nSPS) is 12.0. The number of carbonyl (C=O) groups is 2. The van der Waals surface area contributed by atoms with Crippen LogP contribution in [-0.4, -0.2) is 36.4 Å². The molecule has 5 nitrogen and oxygen atoms in total. The molecule has 0 rings (SSSR count). The van der Waals surface area contributed by atoms with Crippen LogP contribution in [0.25, 0.3) is 0 Å². The molecule has 0 radical (unpaired) electrons. The lowest BCUT2D eigenvalue weighted by molar-refractivity contribution is -0.152. The van der Waals surface area contributed by atoms with Crippen molar-refractivity contribution >= 4 is 11.9 Å². The molecule has 0 fully saturated rings. The number of carbonyl (C=O) groups excluding carboxylic acids is 2. The third-order valence-electron chi connectivity index (χ3n) is 8.59. The molecule has 43 heavy (non-hydrogen) atoms. The van der Waals surface area contributed by atoms with E-state index in [1.807, 2.05) is 0 Å². The van der Waals surface area contributed by atoms with E-state index < -0.39 is 6.10 Å². The van der Waals surface area contributed by atoms with Gasteiger partial charge in [-0.2, -0.15) is 0 Å². The average molecular weight is 611 g/mol. The lowest BCUT2D eigenvalue weighted by Gasteiger charge is -2.12. The van der Waals surface area contributed by atoms with Gasteiger partial charge in [-0.05, 0) is 12.8 Å². The Labute approximate surface area is 268 Å². The first-order valence-electron chi connectivity index (χ1n) is 19.1. The van der Waals surface area contributed by atoms with Gasteiger partial charge in [0, 0.05) is 12.8 Å². The highest BCUT2D eigenvalue weighted by molar-refractivity contribution is 5.69. The highest BCUT2D eigenvalue weighted by Gasteiger charge is 2.12. The molecule has 0 aromatic heterocycles. The summed E-state index contributed by atoms with van der Waals surface area (Å²) in [6.45, 7) is 4.32. The van der Waals surface area contributed by atoms with Crippen molar-refractivity contribution in [2.45, 2.75) is 219 Å². The Morgan fingerprint density at radius 2 is 0.605 bits per heavy atom. The minimum atomic E-state index is -0.953. The molecule has 0 aliphatic carbocycles. The topological polar surface area (TPSA) is 72.8 Å². The van der Waals surface area contributed by atoms with E-state index in [0.29, 0.717) is 12.8 Å². The van der Waals surface area contributed by atoms with Gasteiger partial charge in [0.05, 0.1) is 0 Å². The molecule has 0 aliphatic rings. The number of unbranched alkanes of at least 4 members (excludes halogenated alkanes) is 27. The number of esters is 2. The molecule has 0 saturated carbocycles. The molecule has 0 spiro atoms. The maximum atomic E-state index is 11.9. The quantitative estimate of drug-likeness (QED) is 0.0571. The molecule has 0 heterocycles. The zero-order valence-electron chi connectivity index (χ0n) is 29.0. The van der Waals surface area contributed by atoms with Crippen LogP contribution in [0.3, 0.4) is 0 Å². The minimum Gasteiger partial charge on any atom is -0.463 e. The van der Waals surface area contributed by atoms with Gasteiger partial charge >= 0.3 is 11.9 Å². The van der Waals surface area contributed by atoms with Gasteiger partial charge in [0.1, 0.15) is 19.3 Å². The van der Waals surface area contributed by atoms with Crippen molar-refractivity contribution in [3.63, 3.8) is 0 Å². The smallest absolute Gasteiger partial charge is 0.305 e. The van der Waals surface area contributed by atoms with Crippen molar-refractivity contribution in [1.82, 2.24) is 0 Å². The van der Waals surface area contributed by atoms with Gasteiger partial charge in [-0.15, -0.1) is 0 Å². The Hall–Kier alpha value is -1.10. The molecule has 0 amide bonds. The van der Waals surface area contributed by atoms with E-state index in [1.165, 1.54) is 161 Å². The predicted octanol–water partition coefficient (Wildman–Crippen LogP) is 11.6. The van der Waals surface area contributed by atoms with Crippen LogP contribution in [0.2, 0.25) is 0 Å². The largest absolute Gasteiger partial charge is 0.463 e. The molecule has 1 N–H and O–H groups in total. The lowest BCUT2D eigenvalue weighted by Crippen LogP contribution is -2.25. The maximum Gasteiger partial charge on any atom is 0.305 e. The van der Waals surface area contributed by atoms with Crippen LogP contribution in [0.1, 0.15) is 213 Å². The minimum absolute atomic E-state index is 0.107. The monoisotopic (exact) mass is 611 g/mol. The molecule has 0 saturated heterocycles. The molecule has 5 heteroatoms. The summed E-state index contributed by atoms with van der Waals surface area (Å²) in [5.74, 6) is -0.552. The Morgan fingerprint density at radius 1 is 0.395 bits per heavy atom. The van der Waals surface area contributed by atoms with Crippen LogP contribution < -0.4 is 0 Å². The van der Waals surface area contributed by atoms with Crippen molar-refractivity contribution < 1.29 is 24.2 Å². The summed E-state index contributed by atoms with van der Waals surface area (Å²) in [4.78, 5) is 23.9. The SMILES string of the molecule is CCCCCCCCCCCCCCCCCCCC(=O)OC[C@H](O)COC(=O)CCCCCCCCCCCCCC. The summed E-state index contributed by atoms with van der Waals surface area (Å²) in [5, 5.41) is 9.99. The predicted molar refractivity (Wildman–Crippen MR) is 182 cm³/mol. The summed E-state index contributed by atoms with van der Waals surface area (Å²) >= 11 is 0. The van der Waals surface area contributed by atoms with Crippen LogP contribution in [0.5, 0.6) is 0 Å². The highest BCUT2D eigenvalue weighted by atomic mass is 16.6. The van der Waals surface area contributed by atoms with Gasteiger partial charge < -0.3 is 14.6 Å². The fraction of sp³-hybridized carbons (Fsp3) is 0.947. The van der Waals surface area contributed by atoms with Crippen molar-refractivity contribution in [3.8, 4) is 0 Å². The van der Waals surface area contributed by atoms with Crippen LogP contribution in [0, 0.1) is 0 Å². The second kappa shape index (κ2) is 35.4. The summed E-state index contributed by atoms with van der Waals surface area (Å²) < 4.78 is 10.3. The first-order valence-corrected chi connectivity index (χ1v) is 19.1. The molecule has 0 aromatic carbocycles. The van der Waals surface area contributed by atoms with E-state index in [-0.39, 0.29) is 25.2 Å². The Balaban J connectivity index is 3.37. The number of aliphatic hydroxyl groups excluding tert-OH is 1. The fourth-order valence-corrected chi connectivity index (χ4v) is 5.68. The molecule has 256 valence electrons. The second-order valence-corrected chi connectivity index (χ2v) is 13.1. The van der Waals surface area contributed by atoms with Crippen molar-refractivity contribution in [2.24, 2.45) is 0 Å². The standard InChI is InChI=1S/C38H74O5/c1-3-5-7-9-11-13-15-17-18-19-20-21-23-25-27-29-31-33-38(41)43-35-36(39)34-42-37(40)32-30-28-26-24-22-16-14-12-10-8-6-4-2/h36,39H,3-35H2,1-2H3/t36-/m1/s1. The average Bonchev–Trinajstić information content (AvgIpc) is 3.01. The zero-order valence-corrected chi connectivity index (χ0v) is 29.0. The third kappa shape index (κ3) is 35.3. The number of rotatable bonds is 35. The number of aliphatic hydroxyl groups is 1. The Bertz CT molecular complexity index is 579. The van der Waals surface area contributed by atoms with Crippen LogP contribution in [0.15, 0.2) is 0 Å². The van der Waals surface area contributed by atoms with Crippen molar-refractivity contribution in [1.29, 1.82) is 0 Å². The van der Waals surface area contributed by atoms with Crippen LogP contribution in [0.4, 0.5) is 0 Å². The lowest BCUT2D eigenvalue weighted by atomic mass is 10.0. The van der Waals surface area contributed by atoms with E-state index >= 15 is 0 Å². The Kier molecular flexibility index (Phi) is 34.5. The summed E-state index contributed by atoms with van der Waals surface area (Å²) in [6.07, 6.45) is 37.2.